The van der Waals surface area contributed by atoms with Crippen LogP contribution in [0, 0.1) is 0 Å². The molecule has 4 rings (SSSR count). The maximum atomic E-state index is 12.7. The average molecular weight is 429 g/mol. The van der Waals surface area contributed by atoms with Crippen LogP contribution in [0.2, 0.25) is 5.02 Å². The lowest BCUT2D eigenvalue weighted by Gasteiger charge is -2.17. The molecule has 0 aromatic heterocycles. The Morgan fingerprint density at radius 3 is 2.77 bits per heavy atom. The van der Waals surface area contributed by atoms with Gasteiger partial charge in [0.2, 0.25) is 0 Å². The van der Waals surface area contributed by atoms with Crippen LogP contribution < -0.4 is 10.1 Å². The first-order valence-electron chi connectivity index (χ1n) is 9.77. The number of anilines is 1. The summed E-state index contributed by atoms with van der Waals surface area (Å²) in [6, 6.07) is 11.4. The lowest BCUT2D eigenvalue weighted by atomic mass is 10.1. The largest absolute Gasteiger partial charge is 0.481 e. The molecule has 2 aliphatic rings. The SMILES string of the molecule is CC(Oc1cccc(Cl)c1)C(=O)Nc1ccc2c(c1)C(=O)N(CC1CCCO1)C2=O. The van der Waals surface area contributed by atoms with Crippen molar-refractivity contribution in [2.45, 2.75) is 32.0 Å². The zero-order valence-corrected chi connectivity index (χ0v) is 17.1. The fourth-order valence-electron chi connectivity index (χ4n) is 3.57. The van der Waals surface area contributed by atoms with Crippen LogP contribution in [0.3, 0.4) is 0 Å². The van der Waals surface area contributed by atoms with Gasteiger partial charge >= 0.3 is 0 Å². The van der Waals surface area contributed by atoms with Gasteiger partial charge in [-0.2, -0.15) is 0 Å². The van der Waals surface area contributed by atoms with Gasteiger partial charge in [-0.15, -0.1) is 0 Å². The Labute approximate surface area is 178 Å². The van der Waals surface area contributed by atoms with E-state index < -0.39 is 6.10 Å². The Morgan fingerprint density at radius 1 is 1.23 bits per heavy atom. The number of rotatable bonds is 6. The van der Waals surface area contributed by atoms with E-state index in [4.69, 9.17) is 21.1 Å². The highest BCUT2D eigenvalue weighted by molar-refractivity contribution is 6.30. The highest BCUT2D eigenvalue weighted by Gasteiger charge is 2.37. The highest BCUT2D eigenvalue weighted by Crippen LogP contribution is 2.28. The van der Waals surface area contributed by atoms with Gasteiger partial charge in [0, 0.05) is 17.3 Å². The van der Waals surface area contributed by atoms with E-state index in [0.717, 1.165) is 12.8 Å². The van der Waals surface area contributed by atoms with E-state index in [1.165, 1.54) is 11.0 Å². The van der Waals surface area contributed by atoms with Gasteiger partial charge in [0.1, 0.15) is 5.75 Å². The predicted molar refractivity (Wildman–Crippen MR) is 111 cm³/mol. The summed E-state index contributed by atoms with van der Waals surface area (Å²) in [6.45, 7) is 2.51. The van der Waals surface area contributed by atoms with Crippen LogP contribution in [0.15, 0.2) is 42.5 Å². The Bertz CT molecular complexity index is 1000. The van der Waals surface area contributed by atoms with E-state index in [0.29, 0.717) is 28.6 Å². The van der Waals surface area contributed by atoms with Gasteiger partial charge in [0.25, 0.3) is 17.7 Å². The number of benzene rings is 2. The van der Waals surface area contributed by atoms with E-state index in [1.807, 2.05) is 0 Å². The highest BCUT2D eigenvalue weighted by atomic mass is 35.5. The van der Waals surface area contributed by atoms with E-state index in [9.17, 15) is 14.4 Å². The number of imide groups is 1. The molecule has 1 N–H and O–H groups in total. The van der Waals surface area contributed by atoms with E-state index in [1.54, 1.807) is 43.3 Å². The summed E-state index contributed by atoms with van der Waals surface area (Å²) in [5.41, 5.74) is 1.03. The lowest BCUT2D eigenvalue weighted by molar-refractivity contribution is -0.122. The molecule has 0 saturated carbocycles. The fraction of sp³-hybridized carbons (Fsp3) is 0.318. The second kappa shape index (κ2) is 8.45. The first-order valence-corrected chi connectivity index (χ1v) is 10.1. The maximum Gasteiger partial charge on any atom is 0.265 e. The molecular formula is C22H21ClN2O5. The maximum absolute atomic E-state index is 12.7. The number of halogens is 1. The number of nitrogens with zero attached hydrogens (tertiary/aromatic N) is 1. The Kier molecular flexibility index (Phi) is 5.74. The standard InChI is InChI=1S/C22H21ClN2O5/c1-13(30-16-5-2-4-14(23)10-16)20(26)24-15-7-8-18-19(11-15)22(28)25(21(18)27)12-17-6-3-9-29-17/h2,4-5,7-8,10-11,13,17H,3,6,9,12H2,1H3,(H,24,26). The van der Waals surface area contributed by atoms with Crippen molar-refractivity contribution in [3.63, 3.8) is 0 Å². The Morgan fingerprint density at radius 2 is 2.03 bits per heavy atom. The molecule has 0 radical (unpaired) electrons. The Hall–Kier alpha value is -2.90. The molecule has 2 unspecified atom stereocenters. The topological polar surface area (TPSA) is 84.9 Å². The molecule has 2 aromatic carbocycles. The number of carbonyl (C=O) groups excluding carboxylic acids is 3. The summed E-state index contributed by atoms with van der Waals surface area (Å²) in [6.07, 6.45) is 0.861. The van der Waals surface area contributed by atoms with Crippen molar-refractivity contribution in [1.82, 2.24) is 4.90 Å². The van der Waals surface area contributed by atoms with Crippen molar-refractivity contribution in [2.24, 2.45) is 0 Å². The number of carbonyl (C=O) groups is 3. The van der Waals surface area contributed by atoms with E-state index >= 15 is 0 Å². The van der Waals surface area contributed by atoms with Gasteiger partial charge in [-0.3, -0.25) is 19.3 Å². The average Bonchev–Trinajstić information content (AvgIpc) is 3.31. The van der Waals surface area contributed by atoms with Gasteiger partial charge < -0.3 is 14.8 Å². The molecule has 2 aromatic rings. The molecule has 2 atom stereocenters. The third-order valence-corrected chi connectivity index (χ3v) is 5.36. The predicted octanol–water partition coefficient (Wildman–Crippen LogP) is 3.52. The molecule has 0 bridgehead atoms. The minimum atomic E-state index is -0.787. The van der Waals surface area contributed by atoms with Crippen LogP contribution in [-0.4, -0.2) is 48.0 Å². The molecule has 2 aliphatic heterocycles. The summed E-state index contributed by atoms with van der Waals surface area (Å²) < 4.78 is 11.2. The number of fused-ring (bicyclic) bond motifs is 1. The third kappa shape index (κ3) is 4.17. The summed E-state index contributed by atoms with van der Waals surface area (Å²) in [5.74, 6) is -0.613. The van der Waals surface area contributed by atoms with Gasteiger partial charge in [0.05, 0.1) is 23.8 Å². The normalized spacial score (nSPS) is 19.0. The molecule has 156 valence electrons. The zero-order valence-electron chi connectivity index (χ0n) is 16.4. The number of hydrogen-bond donors (Lipinski definition) is 1. The van der Waals surface area contributed by atoms with Crippen LogP contribution in [0.25, 0.3) is 0 Å². The van der Waals surface area contributed by atoms with Crippen molar-refractivity contribution < 1.29 is 23.9 Å². The van der Waals surface area contributed by atoms with Crippen LogP contribution >= 0.6 is 11.6 Å². The van der Waals surface area contributed by atoms with Gasteiger partial charge in [-0.1, -0.05) is 17.7 Å². The van der Waals surface area contributed by atoms with E-state index in [2.05, 4.69) is 5.32 Å². The minimum Gasteiger partial charge on any atom is -0.481 e. The monoisotopic (exact) mass is 428 g/mol. The van der Waals surface area contributed by atoms with Gasteiger partial charge in [0.15, 0.2) is 6.10 Å². The molecule has 1 fully saturated rings. The molecule has 2 heterocycles. The van der Waals surface area contributed by atoms with Gasteiger partial charge in [-0.05, 0) is 56.2 Å². The molecule has 8 heteroatoms. The number of ether oxygens (including phenoxy) is 2. The molecule has 7 nitrogen and oxygen atoms in total. The molecule has 0 aliphatic carbocycles. The zero-order chi connectivity index (χ0) is 21.3. The fourth-order valence-corrected chi connectivity index (χ4v) is 3.75. The molecule has 30 heavy (non-hydrogen) atoms. The second-order valence-corrected chi connectivity index (χ2v) is 7.76. The smallest absolute Gasteiger partial charge is 0.265 e. The second-order valence-electron chi connectivity index (χ2n) is 7.32. The van der Waals surface area contributed by atoms with Crippen molar-refractivity contribution in [3.05, 3.63) is 58.6 Å². The third-order valence-electron chi connectivity index (χ3n) is 5.13. The molecule has 1 saturated heterocycles. The number of amides is 3. The summed E-state index contributed by atoms with van der Waals surface area (Å²) in [7, 11) is 0. The lowest BCUT2D eigenvalue weighted by Crippen LogP contribution is -2.36. The van der Waals surface area contributed by atoms with E-state index in [-0.39, 0.29) is 35.9 Å². The first kappa shape index (κ1) is 20.4. The van der Waals surface area contributed by atoms with Crippen molar-refractivity contribution in [2.75, 3.05) is 18.5 Å². The van der Waals surface area contributed by atoms with Crippen LogP contribution in [0.4, 0.5) is 5.69 Å². The van der Waals surface area contributed by atoms with Crippen molar-refractivity contribution >= 4 is 35.0 Å². The first-order chi connectivity index (χ1) is 14.4. The molecule has 0 spiro atoms. The van der Waals surface area contributed by atoms with Crippen LogP contribution in [-0.2, 0) is 9.53 Å². The summed E-state index contributed by atoms with van der Waals surface area (Å²) >= 11 is 5.93. The quantitative estimate of drug-likeness (QED) is 0.711. The summed E-state index contributed by atoms with van der Waals surface area (Å²) in [4.78, 5) is 39.1. The molecule has 3 amide bonds. The number of hydrogen-bond acceptors (Lipinski definition) is 5. The van der Waals surface area contributed by atoms with Gasteiger partial charge in [-0.25, -0.2) is 0 Å². The van der Waals surface area contributed by atoms with Crippen LogP contribution in [0.1, 0.15) is 40.5 Å². The number of nitrogens with one attached hydrogen (secondary N) is 1. The van der Waals surface area contributed by atoms with Crippen LogP contribution in [0.5, 0.6) is 5.75 Å². The molecular weight excluding hydrogens is 408 g/mol. The minimum absolute atomic E-state index is 0.115. The Balaban J connectivity index is 1.43. The van der Waals surface area contributed by atoms with Crippen molar-refractivity contribution in [3.8, 4) is 5.75 Å². The summed E-state index contributed by atoms with van der Waals surface area (Å²) in [5, 5.41) is 3.23. The van der Waals surface area contributed by atoms with Crippen molar-refractivity contribution in [1.29, 1.82) is 0 Å².